The molecule has 0 bridgehead atoms. The predicted molar refractivity (Wildman–Crippen MR) is 51.9 cm³/mol. The zero-order valence-corrected chi connectivity index (χ0v) is 8.48. The van der Waals surface area contributed by atoms with E-state index in [1.54, 1.807) is 0 Å². The molecule has 2 rings (SSSR count). The highest BCUT2D eigenvalue weighted by Crippen LogP contribution is 2.33. The van der Waals surface area contributed by atoms with Crippen molar-refractivity contribution in [2.45, 2.75) is 12.8 Å². The van der Waals surface area contributed by atoms with E-state index < -0.39 is 4.92 Å². The highest BCUT2D eigenvalue weighted by molar-refractivity contribution is 6.31. The van der Waals surface area contributed by atoms with Gasteiger partial charge in [-0.05, 0) is 18.8 Å². The summed E-state index contributed by atoms with van der Waals surface area (Å²) >= 11 is 5.58. The summed E-state index contributed by atoms with van der Waals surface area (Å²) < 4.78 is 5.23. The molecule has 0 aliphatic heterocycles. The fourth-order valence-electron chi connectivity index (χ4n) is 1.08. The highest BCUT2D eigenvalue weighted by atomic mass is 35.5. The van der Waals surface area contributed by atoms with Gasteiger partial charge in [0, 0.05) is 0 Å². The molecule has 1 aliphatic rings. The Hall–Kier alpha value is -1.43. The topological polar surface area (TPSA) is 78.2 Å². The molecule has 0 aromatic carbocycles. The molecule has 0 N–H and O–H groups in total. The van der Waals surface area contributed by atoms with Gasteiger partial charge < -0.3 is 4.74 Å². The third-order valence-electron chi connectivity index (χ3n) is 2.08. The van der Waals surface area contributed by atoms with Crippen LogP contribution in [0.2, 0.25) is 5.15 Å². The summed E-state index contributed by atoms with van der Waals surface area (Å²) in [4.78, 5) is 17.3. The first kappa shape index (κ1) is 10.1. The molecule has 0 radical (unpaired) electrons. The molecule has 1 heterocycles. The first-order valence-electron chi connectivity index (χ1n) is 4.46. The third kappa shape index (κ3) is 2.33. The van der Waals surface area contributed by atoms with Crippen molar-refractivity contribution in [2.24, 2.45) is 5.92 Å². The molecule has 6 nitrogen and oxygen atoms in total. The highest BCUT2D eigenvalue weighted by Gasteiger charge is 2.27. The molecule has 1 aromatic heterocycles. The maximum Gasteiger partial charge on any atom is 0.367 e. The van der Waals surface area contributed by atoms with Gasteiger partial charge in [-0.3, -0.25) is 10.1 Å². The van der Waals surface area contributed by atoms with Crippen LogP contribution in [0.4, 0.5) is 5.69 Å². The summed E-state index contributed by atoms with van der Waals surface area (Å²) in [5.74, 6) is 0.449. The van der Waals surface area contributed by atoms with Crippen molar-refractivity contribution in [3.63, 3.8) is 0 Å². The van der Waals surface area contributed by atoms with Crippen LogP contribution >= 0.6 is 11.6 Å². The zero-order chi connectivity index (χ0) is 10.8. The SMILES string of the molecule is O=[N+]([O-])c1c(Cl)ncnc1OCC1CC1. The summed E-state index contributed by atoms with van der Waals surface area (Å²) in [5, 5.41) is 10.5. The number of nitro groups is 1. The number of hydrogen-bond acceptors (Lipinski definition) is 5. The molecule has 0 spiro atoms. The van der Waals surface area contributed by atoms with Gasteiger partial charge in [-0.15, -0.1) is 0 Å². The van der Waals surface area contributed by atoms with E-state index >= 15 is 0 Å². The summed E-state index contributed by atoms with van der Waals surface area (Å²) in [6, 6.07) is 0. The van der Waals surface area contributed by atoms with E-state index in [1.165, 1.54) is 0 Å². The van der Waals surface area contributed by atoms with Gasteiger partial charge in [0.1, 0.15) is 6.33 Å². The van der Waals surface area contributed by atoms with E-state index in [0.717, 1.165) is 19.2 Å². The zero-order valence-electron chi connectivity index (χ0n) is 7.72. The molecule has 15 heavy (non-hydrogen) atoms. The Kier molecular flexibility index (Phi) is 2.68. The minimum Gasteiger partial charge on any atom is -0.472 e. The molecule has 0 unspecified atom stereocenters. The minimum atomic E-state index is -0.634. The lowest BCUT2D eigenvalue weighted by atomic mass is 10.4. The number of aromatic nitrogens is 2. The fourth-order valence-corrected chi connectivity index (χ4v) is 1.28. The molecular formula is C8H8ClN3O3. The summed E-state index contributed by atoms with van der Waals surface area (Å²) in [7, 11) is 0. The number of rotatable bonds is 4. The van der Waals surface area contributed by atoms with E-state index in [2.05, 4.69) is 9.97 Å². The van der Waals surface area contributed by atoms with Crippen LogP contribution in [-0.2, 0) is 0 Å². The largest absolute Gasteiger partial charge is 0.472 e. The van der Waals surface area contributed by atoms with Crippen molar-refractivity contribution in [1.82, 2.24) is 9.97 Å². The Morgan fingerprint density at radius 3 is 2.93 bits per heavy atom. The quantitative estimate of drug-likeness (QED) is 0.447. The first-order chi connectivity index (χ1) is 7.18. The summed E-state index contributed by atoms with van der Waals surface area (Å²) in [5.41, 5.74) is -0.361. The van der Waals surface area contributed by atoms with Crippen molar-refractivity contribution < 1.29 is 9.66 Å². The molecule has 1 fully saturated rings. The maximum absolute atomic E-state index is 10.7. The van der Waals surface area contributed by atoms with Crippen LogP contribution < -0.4 is 4.74 Å². The Morgan fingerprint density at radius 1 is 1.60 bits per heavy atom. The Labute approximate surface area is 90.4 Å². The third-order valence-corrected chi connectivity index (χ3v) is 2.36. The molecule has 1 aromatic rings. The molecule has 0 amide bonds. The number of halogens is 1. The van der Waals surface area contributed by atoms with Crippen molar-refractivity contribution in [3.8, 4) is 5.88 Å². The van der Waals surface area contributed by atoms with Gasteiger partial charge in [-0.1, -0.05) is 11.6 Å². The average Bonchev–Trinajstić information content (AvgIpc) is 2.97. The normalized spacial score (nSPS) is 15.0. The summed E-state index contributed by atoms with van der Waals surface area (Å²) in [6.07, 6.45) is 3.36. The van der Waals surface area contributed by atoms with Gasteiger partial charge in [0.15, 0.2) is 0 Å². The van der Waals surface area contributed by atoms with E-state index in [4.69, 9.17) is 16.3 Å². The van der Waals surface area contributed by atoms with Gasteiger partial charge in [0.2, 0.25) is 5.15 Å². The van der Waals surface area contributed by atoms with Crippen LogP contribution in [0.3, 0.4) is 0 Å². The lowest BCUT2D eigenvalue weighted by molar-refractivity contribution is -0.386. The van der Waals surface area contributed by atoms with Gasteiger partial charge in [-0.25, -0.2) is 4.98 Å². The molecular weight excluding hydrogens is 222 g/mol. The molecule has 7 heteroatoms. The predicted octanol–water partition coefficient (Wildman–Crippen LogP) is 1.83. The monoisotopic (exact) mass is 229 g/mol. The maximum atomic E-state index is 10.7. The molecule has 0 atom stereocenters. The van der Waals surface area contributed by atoms with Crippen molar-refractivity contribution in [2.75, 3.05) is 6.61 Å². The fraction of sp³-hybridized carbons (Fsp3) is 0.500. The number of hydrogen-bond donors (Lipinski definition) is 0. The molecule has 80 valence electrons. The van der Waals surface area contributed by atoms with E-state index in [0.29, 0.717) is 12.5 Å². The molecule has 0 saturated heterocycles. The van der Waals surface area contributed by atoms with Crippen molar-refractivity contribution in [3.05, 3.63) is 21.6 Å². The van der Waals surface area contributed by atoms with Crippen LogP contribution in [0.1, 0.15) is 12.8 Å². The minimum absolute atomic E-state index is 0.0492. The molecule has 1 saturated carbocycles. The summed E-state index contributed by atoms with van der Waals surface area (Å²) in [6.45, 7) is 0.453. The van der Waals surface area contributed by atoms with Crippen LogP contribution in [0.15, 0.2) is 6.33 Å². The lowest BCUT2D eigenvalue weighted by Crippen LogP contribution is -2.04. The second kappa shape index (κ2) is 3.98. The van der Waals surface area contributed by atoms with Gasteiger partial charge in [0.05, 0.1) is 11.5 Å². The Bertz CT molecular complexity index is 395. The first-order valence-corrected chi connectivity index (χ1v) is 4.84. The second-order valence-electron chi connectivity index (χ2n) is 3.33. The van der Waals surface area contributed by atoms with E-state index in [1.807, 2.05) is 0 Å². The smallest absolute Gasteiger partial charge is 0.367 e. The van der Waals surface area contributed by atoms with Crippen LogP contribution in [-0.4, -0.2) is 21.5 Å². The van der Waals surface area contributed by atoms with Gasteiger partial charge in [-0.2, -0.15) is 4.98 Å². The van der Waals surface area contributed by atoms with Crippen LogP contribution in [0.25, 0.3) is 0 Å². The van der Waals surface area contributed by atoms with Crippen LogP contribution in [0, 0.1) is 16.0 Å². The standard InChI is InChI=1S/C8H8ClN3O3/c9-7-6(12(13)14)8(11-4-10-7)15-3-5-1-2-5/h4-5H,1-3H2. The van der Waals surface area contributed by atoms with Crippen LogP contribution in [0.5, 0.6) is 5.88 Å². The Balaban J connectivity index is 2.19. The van der Waals surface area contributed by atoms with Crippen molar-refractivity contribution in [1.29, 1.82) is 0 Å². The van der Waals surface area contributed by atoms with Crippen molar-refractivity contribution >= 4 is 17.3 Å². The average molecular weight is 230 g/mol. The number of ether oxygens (including phenoxy) is 1. The number of nitrogens with zero attached hydrogens (tertiary/aromatic N) is 3. The van der Waals surface area contributed by atoms with Gasteiger partial charge in [0.25, 0.3) is 5.88 Å². The Morgan fingerprint density at radius 2 is 2.33 bits per heavy atom. The van der Waals surface area contributed by atoms with E-state index in [9.17, 15) is 10.1 Å². The lowest BCUT2D eigenvalue weighted by Gasteiger charge is -2.04. The second-order valence-corrected chi connectivity index (χ2v) is 3.69. The van der Waals surface area contributed by atoms with E-state index in [-0.39, 0.29) is 16.7 Å². The molecule has 1 aliphatic carbocycles. The van der Waals surface area contributed by atoms with Gasteiger partial charge >= 0.3 is 5.69 Å².